The van der Waals surface area contributed by atoms with Gasteiger partial charge in [0.25, 0.3) is 5.91 Å². The van der Waals surface area contributed by atoms with E-state index < -0.39 is 36.8 Å². The Labute approximate surface area is 203 Å². The van der Waals surface area contributed by atoms with Gasteiger partial charge in [-0.05, 0) is 25.1 Å². The Hall–Kier alpha value is -3.02. The number of benzene rings is 1. The zero-order valence-corrected chi connectivity index (χ0v) is 19.7. The summed E-state index contributed by atoms with van der Waals surface area (Å²) in [5, 5.41) is 30.7. The fraction of sp³-hybridized carbons (Fsp3) is 0.300. The predicted octanol–water partition coefficient (Wildman–Crippen LogP) is 2.50. The molecule has 0 aliphatic carbocycles. The van der Waals surface area contributed by atoms with Crippen LogP contribution in [0.1, 0.15) is 32.6 Å². The first kappa shape index (κ1) is 24.6. The molecule has 1 aliphatic heterocycles. The lowest BCUT2D eigenvalue weighted by molar-refractivity contribution is -0.137. The fourth-order valence-corrected chi connectivity index (χ4v) is 4.49. The van der Waals surface area contributed by atoms with E-state index in [1.807, 2.05) is 6.92 Å². The molecule has 2 aromatic rings. The Bertz CT molecular complexity index is 1120. The number of aryl methyl sites for hydroxylation is 1. The molecule has 3 rings (SSSR count). The SMILES string of the molecule is Cc1sc(C(=O)NCC(=O)NC(CC(=O)O)c2cc(Cl)cc(Cl)c2O)cc1NC1=NCCN1. The van der Waals surface area contributed by atoms with Gasteiger partial charge in [-0.15, -0.1) is 11.3 Å². The van der Waals surface area contributed by atoms with Gasteiger partial charge in [-0.3, -0.25) is 19.4 Å². The number of phenols is 1. The lowest BCUT2D eigenvalue weighted by Gasteiger charge is -2.19. The van der Waals surface area contributed by atoms with Crippen LogP contribution in [0.5, 0.6) is 5.75 Å². The predicted molar refractivity (Wildman–Crippen MR) is 127 cm³/mol. The van der Waals surface area contributed by atoms with Gasteiger partial charge in [0.2, 0.25) is 5.91 Å². The van der Waals surface area contributed by atoms with Gasteiger partial charge < -0.3 is 31.5 Å². The maximum Gasteiger partial charge on any atom is 0.305 e. The van der Waals surface area contributed by atoms with E-state index in [9.17, 15) is 24.6 Å². The number of guanidine groups is 1. The van der Waals surface area contributed by atoms with Crippen molar-refractivity contribution in [2.24, 2.45) is 4.99 Å². The third-order valence-corrected chi connectivity index (χ3v) is 6.18. The second-order valence-corrected chi connectivity index (χ2v) is 9.19. The number of amides is 2. The number of carbonyl (C=O) groups excluding carboxylic acids is 2. The van der Waals surface area contributed by atoms with Crippen molar-refractivity contribution in [3.05, 3.63) is 43.6 Å². The van der Waals surface area contributed by atoms with E-state index in [-0.39, 0.29) is 21.4 Å². The molecule has 1 aliphatic rings. The number of carbonyl (C=O) groups is 3. The molecule has 0 saturated carbocycles. The average molecular weight is 514 g/mol. The van der Waals surface area contributed by atoms with Gasteiger partial charge in [-0.1, -0.05) is 23.2 Å². The lowest BCUT2D eigenvalue weighted by atomic mass is 10.0. The molecule has 1 aromatic carbocycles. The first-order chi connectivity index (χ1) is 15.6. The molecular formula is C20H21Cl2N5O5S. The summed E-state index contributed by atoms with van der Waals surface area (Å²) in [4.78, 5) is 41.7. The number of hydrogen-bond acceptors (Lipinski definition) is 8. The van der Waals surface area contributed by atoms with Gasteiger partial charge in [0.15, 0.2) is 5.96 Å². The smallest absolute Gasteiger partial charge is 0.305 e. The molecule has 33 heavy (non-hydrogen) atoms. The van der Waals surface area contributed by atoms with Gasteiger partial charge in [0.05, 0.1) is 41.1 Å². The van der Waals surface area contributed by atoms with Gasteiger partial charge in [0.1, 0.15) is 5.75 Å². The minimum atomic E-state index is -1.21. The Morgan fingerprint density at radius 2 is 2.03 bits per heavy atom. The number of carboxylic acid groups (broad SMARTS) is 1. The second kappa shape index (κ2) is 10.7. The summed E-state index contributed by atoms with van der Waals surface area (Å²) in [5.41, 5.74) is 0.792. The molecule has 6 N–H and O–H groups in total. The quantitative estimate of drug-likeness (QED) is 0.317. The number of aromatic hydroxyl groups is 1. The van der Waals surface area contributed by atoms with Crippen molar-refractivity contribution >= 4 is 64.0 Å². The first-order valence-electron chi connectivity index (χ1n) is 9.77. The van der Waals surface area contributed by atoms with Crippen molar-refractivity contribution in [3.63, 3.8) is 0 Å². The van der Waals surface area contributed by atoms with Crippen LogP contribution in [-0.4, -0.2) is 53.6 Å². The van der Waals surface area contributed by atoms with E-state index in [0.29, 0.717) is 17.4 Å². The summed E-state index contributed by atoms with van der Waals surface area (Å²) in [6, 6.07) is 3.17. The Kier molecular flexibility index (Phi) is 8.01. The lowest BCUT2D eigenvalue weighted by Crippen LogP contribution is -2.39. The van der Waals surface area contributed by atoms with Crippen LogP contribution in [0, 0.1) is 6.92 Å². The zero-order valence-electron chi connectivity index (χ0n) is 17.4. The monoisotopic (exact) mass is 513 g/mol. The molecule has 0 saturated heterocycles. The van der Waals surface area contributed by atoms with E-state index in [0.717, 1.165) is 17.1 Å². The highest BCUT2D eigenvalue weighted by Crippen LogP contribution is 2.36. The van der Waals surface area contributed by atoms with Crippen LogP contribution in [0.4, 0.5) is 5.69 Å². The Morgan fingerprint density at radius 1 is 1.27 bits per heavy atom. The number of rotatable bonds is 8. The molecule has 13 heteroatoms. The number of hydrogen-bond donors (Lipinski definition) is 6. The minimum Gasteiger partial charge on any atom is -0.506 e. The standard InChI is InChI=1S/C20H21Cl2N5O5S/c1-9-13(27-20-23-2-3-24-20)6-15(33-9)19(32)25-8-16(28)26-14(7-17(29)30)11-4-10(21)5-12(22)18(11)31/h4-6,14,31H,2-3,7-8H2,1H3,(H,25,32)(H,26,28)(H,29,30)(H2,23,24,27). The molecule has 0 radical (unpaired) electrons. The number of aliphatic carboxylic acids is 1. The molecule has 0 fully saturated rings. The van der Waals surface area contributed by atoms with Crippen LogP contribution in [-0.2, 0) is 9.59 Å². The van der Waals surface area contributed by atoms with Crippen molar-refractivity contribution in [1.29, 1.82) is 0 Å². The van der Waals surface area contributed by atoms with E-state index in [4.69, 9.17) is 23.2 Å². The van der Waals surface area contributed by atoms with Crippen molar-refractivity contribution in [1.82, 2.24) is 16.0 Å². The Morgan fingerprint density at radius 3 is 2.70 bits per heavy atom. The van der Waals surface area contributed by atoms with Crippen LogP contribution >= 0.6 is 34.5 Å². The molecule has 1 aromatic heterocycles. The maximum atomic E-state index is 12.5. The van der Waals surface area contributed by atoms with Crippen molar-refractivity contribution < 1.29 is 24.6 Å². The third kappa shape index (κ3) is 6.50. The molecule has 2 heterocycles. The average Bonchev–Trinajstić information content (AvgIpc) is 3.38. The fourth-order valence-electron chi connectivity index (χ4n) is 3.09. The largest absolute Gasteiger partial charge is 0.506 e. The van der Waals surface area contributed by atoms with Crippen LogP contribution in [0.2, 0.25) is 10.0 Å². The van der Waals surface area contributed by atoms with Crippen molar-refractivity contribution in [3.8, 4) is 5.75 Å². The summed E-state index contributed by atoms with van der Waals surface area (Å²) < 4.78 is 0. The maximum absolute atomic E-state index is 12.5. The highest BCUT2D eigenvalue weighted by molar-refractivity contribution is 7.14. The zero-order chi connectivity index (χ0) is 24.1. The van der Waals surface area contributed by atoms with E-state index in [1.165, 1.54) is 23.5 Å². The van der Waals surface area contributed by atoms with Crippen LogP contribution in [0.3, 0.4) is 0 Å². The number of nitrogens with one attached hydrogen (secondary N) is 4. The molecule has 1 atom stereocenters. The van der Waals surface area contributed by atoms with Gasteiger partial charge in [-0.25, -0.2) is 0 Å². The number of thiophene rings is 1. The number of nitrogens with zero attached hydrogens (tertiary/aromatic N) is 1. The Balaban J connectivity index is 1.63. The van der Waals surface area contributed by atoms with E-state index >= 15 is 0 Å². The summed E-state index contributed by atoms with van der Waals surface area (Å²) >= 11 is 13.1. The van der Waals surface area contributed by atoms with Crippen LogP contribution < -0.4 is 21.3 Å². The number of halogens is 2. The number of anilines is 1. The third-order valence-electron chi connectivity index (χ3n) is 4.63. The van der Waals surface area contributed by atoms with Crippen LogP contribution in [0.15, 0.2) is 23.2 Å². The summed E-state index contributed by atoms with van der Waals surface area (Å²) in [7, 11) is 0. The van der Waals surface area contributed by atoms with Gasteiger partial charge in [0, 0.05) is 22.0 Å². The normalized spacial score (nSPS) is 13.6. The van der Waals surface area contributed by atoms with E-state index in [1.54, 1.807) is 6.07 Å². The molecular weight excluding hydrogens is 493 g/mol. The first-order valence-corrected chi connectivity index (χ1v) is 11.3. The van der Waals surface area contributed by atoms with Crippen molar-refractivity contribution in [2.45, 2.75) is 19.4 Å². The number of aliphatic imine (C=N–C) groups is 1. The minimum absolute atomic E-state index is 0.0580. The number of carboxylic acids is 1. The van der Waals surface area contributed by atoms with Crippen molar-refractivity contribution in [2.75, 3.05) is 25.0 Å². The molecule has 10 nitrogen and oxygen atoms in total. The topological polar surface area (TPSA) is 152 Å². The van der Waals surface area contributed by atoms with Gasteiger partial charge >= 0.3 is 5.97 Å². The van der Waals surface area contributed by atoms with Crippen LogP contribution in [0.25, 0.3) is 0 Å². The number of phenolic OH excluding ortho intramolecular Hbond substituents is 1. The summed E-state index contributed by atoms with van der Waals surface area (Å²) in [6.07, 6.45) is -0.527. The summed E-state index contributed by atoms with van der Waals surface area (Å²) in [5.74, 6) is -2.07. The highest BCUT2D eigenvalue weighted by Gasteiger charge is 2.24. The van der Waals surface area contributed by atoms with E-state index in [2.05, 4.69) is 26.3 Å². The molecule has 0 bridgehead atoms. The molecule has 2 amide bonds. The second-order valence-electron chi connectivity index (χ2n) is 7.09. The summed E-state index contributed by atoms with van der Waals surface area (Å²) in [6.45, 7) is 2.87. The molecule has 176 valence electrons. The molecule has 0 spiro atoms. The molecule has 1 unspecified atom stereocenters. The van der Waals surface area contributed by atoms with Gasteiger partial charge in [-0.2, -0.15) is 0 Å². The highest BCUT2D eigenvalue weighted by atomic mass is 35.5.